The quantitative estimate of drug-likeness (QED) is 0.352. The molecule has 1 heterocycles. The van der Waals surface area contributed by atoms with E-state index in [-0.39, 0.29) is 30.1 Å². The fourth-order valence-corrected chi connectivity index (χ4v) is 2.59. The number of piperazine rings is 1. The maximum absolute atomic E-state index is 11.8. The van der Waals surface area contributed by atoms with E-state index < -0.39 is 0 Å². The van der Waals surface area contributed by atoms with Crippen molar-refractivity contribution in [2.24, 2.45) is 4.99 Å². The molecule has 1 unspecified atom stereocenters. The van der Waals surface area contributed by atoms with Crippen molar-refractivity contribution in [3.63, 3.8) is 0 Å². The van der Waals surface area contributed by atoms with E-state index in [1.165, 1.54) is 0 Å². The lowest BCUT2D eigenvalue weighted by molar-refractivity contribution is 0.0914. The molecule has 0 saturated carbocycles. The van der Waals surface area contributed by atoms with Gasteiger partial charge in [0.15, 0.2) is 5.96 Å². The van der Waals surface area contributed by atoms with Gasteiger partial charge in [-0.15, -0.1) is 24.0 Å². The molecule has 1 fully saturated rings. The molecule has 1 saturated heterocycles. The Balaban J connectivity index is 0.00000576. The summed E-state index contributed by atoms with van der Waals surface area (Å²) >= 11 is 0. The van der Waals surface area contributed by atoms with Crippen LogP contribution in [0.25, 0.3) is 0 Å². The molecule has 148 valence electrons. The summed E-state index contributed by atoms with van der Waals surface area (Å²) < 4.78 is 5.07. The predicted octanol–water partition coefficient (Wildman–Crippen LogP) is 2.07. The summed E-state index contributed by atoms with van der Waals surface area (Å²) in [6, 6.07) is 0.580. The molecule has 0 spiro atoms. The molecule has 1 amide bonds. The molecule has 1 aliphatic rings. The standard InChI is InChI=1S/C17H35N5O2.HI/c1-6-15(4)20(5)10-9-19-16(18-7-2)21-11-13-22(14-12-21)17(23)24-8-3;/h15H,6-14H2,1-5H3,(H,18,19);1H. The number of hydrogen-bond donors (Lipinski definition) is 1. The Morgan fingerprint density at radius 1 is 1.20 bits per heavy atom. The van der Waals surface area contributed by atoms with Crippen LogP contribution >= 0.6 is 24.0 Å². The summed E-state index contributed by atoms with van der Waals surface area (Å²) in [6.45, 7) is 14.3. The fourth-order valence-electron chi connectivity index (χ4n) is 2.59. The van der Waals surface area contributed by atoms with Gasteiger partial charge in [0, 0.05) is 45.3 Å². The van der Waals surface area contributed by atoms with Gasteiger partial charge in [0.05, 0.1) is 13.2 Å². The van der Waals surface area contributed by atoms with E-state index in [0.717, 1.165) is 45.1 Å². The Morgan fingerprint density at radius 3 is 2.32 bits per heavy atom. The number of nitrogens with zero attached hydrogens (tertiary/aromatic N) is 4. The Hall–Kier alpha value is -0.770. The summed E-state index contributed by atoms with van der Waals surface area (Å²) in [4.78, 5) is 22.9. The first-order valence-corrected chi connectivity index (χ1v) is 9.18. The number of likely N-dealkylation sites (N-methyl/N-ethyl adjacent to an activating group) is 1. The van der Waals surface area contributed by atoms with E-state index >= 15 is 0 Å². The smallest absolute Gasteiger partial charge is 0.409 e. The largest absolute Gasteiger partial charge is 0.450 e. The molecule has 1 rings (SSSR count). The zero-order valence-electron chi connectivity index (χ0n) is 16.5. The van der Waals surface area contributed by atoms with Gasteiger partial charge in [-0.25, -0.2) is 4.79 Å². The third-order valence-corrected chi connectivity index (χ3v) is 4.50. The molecule has 0 aromatic heterocycles. The van der Waals surface area contributed by atoms with Crippen molar-refractivity contribution in [1.82, 2.24) is 20.0 Å². The van der Waals surface area contributed by atoms with Crippen LogP contribution in [0.2, 0.25) is 0 Å². The van der Waals surface area contributed by atoms with E-state index in [1.807, 2.05) is 6.92 Å². The van der Waals surface area contributed by atoms with Crippen LogP contribution in [0.3, 0.4) is 0 Å². The van der Waals surface area contributed by atoms with Crippen molar-refractivity contribution in [3.05, 3.63) is 0 Å². The summed E-state index contributed by atoms with van der Waals surface area (Å²) in [7, 11) is 2.15. The number of carbonyl (C=O) groups excluding carboxylic acids is 1. The minimum Gasteiger partial charge on any atom is -0.450 e. The average molecular weight is 469 g/mol. The monoisotopic (exact) mass is 469 g/mol. The molecular weight excluding hydrogens is 433 g/mol. The van der Waals surface area contributed by atoms with Crippen molar-refractivity contribution in [3.8, 4) is 0 Å². The zero-order chi connectivity index (χ0) is 17.9. The number of amides is 1. The summed E-state index contributed by atoms with van der Waals surface area (Å²) in [6.07, 6.45) is 0.935. The number of guanidine groups is 1. The van der Waals surface area contributed by atoms with Crippen LogP contribution in [-0.4, -0.2) is 92.3 Å². The van der Waals surface area contributed by atoms with Crippen molar-refractivity contribution in [1.29, 1.82) is 0 Å². The average Bonchev–Trinajstić information content (AvgIpc) is 2.60. The summed E-state index contributed by atoms with van der Waals surface area (Å²) in [5, 5.41) is 3.36. The van der Waals surface area contributed by atoms with E-state index in [4.69, 9.17) is 9.73 Å². The lowest BCUT2D eigenvalue weighted by atomic mass is 10.2. The Morgan fingerprint density at radius 2 is 1.80 bits per heavy atom. The van der Waals surface area contributed by atoms with Gasteiger partial charge >= 0.3 is 6.09 Å². The highest BCUT2D eigenvalue weighted by Crippen LogP contribution is 2.05. The topological polar surface area (TPSA) is 60.4 Å². The van der Waals surface area contributed by atoms with Crippen molar-refractivity contribution >= 4 is 36.0 Å². The highest BCUT2D eigenvalue weighted by atomic mass is 127. The van der Waals surface area contributed by atoms with Gasteiger partial charge in [-0.05, 0) is 34.2 Å². The Kier molecular flexibility index (Phi) is 13.0. The molecule has 0 bridgehead atoms. The number of carbonyl (C=O) groups is 1. The van der Waals surface area contributed by atoms with Gasteiger partial charge < -0.3 is 24.8 Å². The first kappa shape index (κ1) is 24.2. The second-order valence-corrected chi connectivity index (χ2v) is 6.15. The lowest BCUT2D eigenvalue weighted by Crippen LogP contribution is -2.54. The van der Waals surface area contributed by atoms with E-state index in [1.54, 1.807) is 4.90 Å². The number of halogens is 1. The molecule has 0 aromatic rings. The number of rotatable bonds is 7. The molecule has 0 aliphatic carbocycles. The number of aliphatic imine (C=N–C) groups is 1. The minimum absolute atomic E-state index is 0. The van der Waals surface area contributed by atoms with Crippen LogP contribution in [-0.2, 0) is 4.74 Å². The molecule has 1 aliphatic heterocycles. The zero-order valence-corrected chi connectivity index (χ0v) is 18.8. The highest BCUT2D eigenvalue weighted by Gasteiger charge is 2.23. The molecule has 7 nitrogen and oxygen atoms in total. The van der Waals surface area contributed by atoms with Crippen molar-refractivity contribution < 1.29 is 9.53 Å². The van der Waals surface area contributed by atoms with Crippen LogP contribution < -0.4 is 5.32 Å². The minimum atomic E-state index is -0.214. The number of ether oxygens (including phenoxy) is 1. The highest BCUT2D eigenvalue weighted by molar-refractivity contribution is 14.0. The lowest BCUT2D eigenvalue weighted by Gasteiger charge is -2.36. The maximum atomic E-state index is 11.8. The van der Waals surface area contributed by atoms with Crippen LogP contribution in [0, 0.1) is 0 Å². The third kappa shape index (κ3) is 8.44. The predicted molar refractivity (Wildman–Crippen MR) is 114 cm³/mol. The molecular formula is C17H36IN5O2. The molecule has 0 radical (unpaired) electrons. The van der Waals surface area contributed by atoms with Crippen LogP contribution in [0.15, 0.2) is 4.99 Å². The normalized spacial score (nSPS) is 16.5. The molecule has 25 heavy (non-hydrogen) atoms. The maximum Gasteiger partial charge on any atom is 0.409 e. The Labute approximate surface area is 170 Å². The molecule has 8 heteroatoms. The van der Waals surface area contributed by atoms with E-state index in [9.17, 15) is 4.79 Å². The van der Waals surface area contributed by atoms with Crippen LogP contribution in [0.4, 0.5) is 4.79 Å². The van der Waals surface area contributed by atoms with Gasteiger partial charge in [0.2, 0.25) is 0 Å². The molecule has 1 N–H and O–H groups in total. The van der Waals surface area contributed by atoms with Crippen LogP contribution in [0.1, 0.15) is 34.1 Å². The van der Waals surface area contributed by atoms with Crippen molar-refractivity contribution in [2.45, 2.75) is 40.2 Å². The fraction of sp³-hybridized carbons (Fsp3) is 0.882. The van der Waals surface area contributed by atoms with Gasteiger partial charge in [-0.2, -0.15) is 0 Å². The van der Waals surface area contributed by atoms with Crippen LogP contribution in [0.5, 0.6) is 0 Å². The summed E-state index contributed by atoms with van der Waals surface area (Å²) in [5.41, 5.74) is 0. The SMILES string of the molecule is CCNC(=NCCN(C)C(C)CC)N1CCN(C(=O)OCC)CC1.I. The van der Waals surface area contributed by atoms with Gasteiger partial charge in [0.25, 0.3) is 0 Å². The van der Waals surface area contributed by atoms with Gasteiger partial charge in [-0.1, -0.05) is 6.92 Å². The Bertz CT molecular complexity index is 400. The van der Waals surface area contributed by atoms with E-state index in [0.29, 0.717) is 25.7 Å². The molecule has 1 atom stereocenters. The second kappa shape index (κ2) is 13.4. The van der Waals surface area contributed by atoms with Crippen molar-refractivity contribution in [2.75, 3.05) is 59.5 Å². The molecule has 0 aromatic carbocycles. The summed E-state index contributed by atoms with van der Waals surface area (Å²) in [5.74, 6) is 0.943. The van der Waals surface area contributed by atoms with Gasteiger partial charge in [-0.3, -0.25) is 4.99 Å². The first-order chi connectivity index (χ1) is 11.5. The third-order valence-electron chi connectivity index (χ3n) is 4.50. The number of nitrogens with one attached hydrogen (secondary N) is 1. The first-order valence-electron chi connectivity index (χ1n) is 9.18. The number of hydrogen-bond acceptors (Lipinski definition) is 4. The second-order valence-electron chi connectivity index (χ2n) is 6.15. The van der Waals surface area contributed by atoms with E-state index in [2.05, 4.69) is 42.9 Å². The van der Waals surface area contributed by atoms with Gasteiger partial charge in [0.1, 0.15) is 0 Å².